The molecule has 1 heterocycles. The fraction of sp³-hybridized carbons (Fsp3) is 0.533. The molecule has 1 amide bonds. The second-order valence-electron chi connectivity index (χ2n) is 6.26. The number of amides is 1. The Balaban J connectivity index is 3.12. The fourth-order valence-electron chi connectivity index (χ4n) is 1.85. The first-order valence-electron chi connectivity index (χ1n) is 6.89. The number of pyridine rings is 1. The number of halogens is 1. The lowest BCUT2D eigenvalue weighted by Gasteiger charge is -2.26. The van der Waals surface area contributed by atoms with Crippen LogP contribution in [0, 0.1) is 5.92 Å². The molecule has 22 heavy (non-hydrogen) atoms. The normalized spacial score (nSPS) is 12.9. The van der Waals surface area contributed by atoms with Gasteiger partial charge in [0.1, 0.15) is 5.60 Å². The number of carbonyl (C=O) groups excluding carboxylic acids is 1. The van der Waals surface area contributed by atoms with Crippen LogP contribution in [0.4, 0.5) is 4.79 Å². The van der Waals surface area contributed by atoms with Gasteiger partial charge in [0.2, 0.25) is 0 Å². The molecule has 0 saturated heterocycles. The lowest BCUT2D eigenvalue weighted by atomic mass is 9.97. The van der Waals surface area contributed by atoms with Crippen LogP contribution in [-0.4, -0.2) is 27.8 Å². The highest BCUT2D eigenvalue weighted by molar-refractivity contribution is 6.30. The summed E-state index contributed by atoms with van der Waals surface area (Å²) in [6, 6.07) is 0.719. The average Bonchev–Trinajstić information content (AvgIpc) is 2.33. The molecule has 0 radical (unpaired) electrons. The van der Waals surface area contributed by atoms with Crippen molar-refractivity contribution in [3.63, 3.8) is 0 Å². The SMILES string of the molecule is CC(C)C(NC(=O)OC(C)(C)C)c1ncc(Cl)cc1C(=O)O. The monoisotopic (exact) mass is 328 g/mol. The van der Waals surface area contributed by atoms with Gasteiger partial charge in [0.05, 0.1) is 22.3 Å². The molecule has 0 aliphatic rings. The zero-order valence-electron chi connectivity index (χ0n) is 13.3. The molecular weight excluding hydrogens is 308 g/mol. The summed E-state index contributed by atoms with van der Waals surface area (Å²) >= 11 is 5.80. The maximum Gasteiger partial charge on any atom is 0.408 e. The quantitative estimate of drug-likeness (QED) is 0.880. The van der Waals surface area contributed by atoms with Crippen molar-refractivity contribution >= 4 is 23.7 Å². The molecule has 1 aromatic heterocycles. The van der Waals surface area contributed by atoms with Crippen molar-refractivity contribution < 1.29 is 19.4 Å². The Bertz CT molecular complexity index is 567. The summed E-state index contributed by atoms with van der Waals surface area (Å²) in [6.07, 6.45) is 0.731. The Morgan fingerprint density at radius 3 is 2.41 bits per heavy atom. The number of hydrogen-bond donors (Lipinski definition) is 2. The molecule has 2 N–H and O–H groups in total. The van der Waals surface area contributed by atoms with Crippen LogP contribution in [0.5, 0.6) is 0 Å². The van der Waals surface area contributed by atoms with Gasteiger partial charge in [-0.25, -0.2) is 9.59 Å². The van der Waals surface area contributed by atoms with E-state index in [1.807, 2.05) is 13.8 Å². The zero-order valence-corrected chi connectivity index (χ0v) is 14.1. The Kier molecular flexibility index (Phi) is 5.77. The number of aromatic carboxylic acids is 1. The highest BCUT2D eigenvalue weighted by Gasteiger charge is 2.27. The van der Waals surface area contributed by atoms with E-state index in [0.29, 0.717) is 0 Å². The first kappa shape index (κ1) is 18.2. The predicted molar refractivity (Wildman–Crippen MR) is 83.2 cm³/mol. The smallest absolute Gasteiger partial charge is 0.408 e. The molecule has 122 valence electrons. The molecule has 0 bridgehead atoms. The van der Waals surface area contributed by atoms with Gasteiger partial charge in [0.15, 0.2) is 0 Å². The summed E-state index contributed by atoms with van der Waals surface area (Å²) in [6.45, 7) is 8.95. The van der Waals surface area contributed by atoms with Gasteiger partial charge in [-0.05, 0) is 32.8 Å². The van der Waals surface area contributed by atoms with Crippen LogP contribution in [-0.2, 0) is 4.74 Å². The molecule has 7 heteroatoms. The van der Waals surface area contributed by atoms with Gasteiger partial charge in [-0.3, -0.25) is 4.98 Å². The van der Waals surface area contributed by atoms with Crippen molar-refractivity contribution in [3.05, 3.63) is 28.5 Å². The average molecular weight is 329 g/mol. The van der Waals surface area contributed by atoms with Crippen LogP contribution in [0.25, 0.3) is 0 Å². The van der Waals surface area contributed by atoms with E-state index in [0.717, 1.165) is 0 Å². The maximum atomic E-state index is 12.0. The lowest BCUT2D eigenvalue weighted by molar-refractivity contribution is 0.0484. The topological polar surface area (TPSA) is 88.5 Å². The number of carbonyl (C=O) groups is 2. The molecule has 0 aromatic carbocycles. The molecule has 1 unspecified atom stereocenters. The standard InChI is InChI=1S/C15H21ClN2O4/c1-8(2)11(18-14(21)22-15(3,4)5)12-10(13(19)20)6-9(16)7-17-12/h6-8,11H,1-5H3,(H,18,21)(H,19,20). The van der Waals surface area contributed by atoms with E-state index in [2.05, 4.69) is 10.3 Å². The van der Waals surface area contributed by atoms with Crippen molar-refractivity contribution in [2.24, 2.45) is 5.92 Å². The summed E-state index contributed by atoms with van der Waals surface area (Å²) in [5, 5.41) is 12.2. The van der Waals surface area contributed by atoms with Crippen LogP contribution in [0.15, 0.2) is 12.3 Å². The maximum absolute atomic E-state index is 12.0. The highest BCUT2D eigenvalue weighted by atomic mass is 35.5. The van der Waals surface area contributed by atoms with Crippen molar-refractivity contribution in [2.75, 3.05) is 0 Å². The number of rotatable bonds is 4. The van der Waals surface area contributed by atoms with E-state index in [9.17, 15) is 14.7 Å². The second kappa shape index (κ2) is 6.96. The van der Waals surface area contributed by atoms with E-state index in [4.69, 9.17) is 16.3 Å². The van der Waals surface area contributed by atoms with Crippen LogP contribution < -0.4 is 5.32 Å². The van der Waals surface area contributed by atoms with Gasteiger partial charge in [-0.15, -0.1) is 0 Å². The first-order valence-corrected chi connectivity index (χ1v) is 7.27. The van der Waals surface area contributed by atoms with E-state index < -0.39 is 23.7 Å². The van der Waals surface area contributed by atoms with Crippen molar-refractivity contribution in [3.8, 4) is 0 Å². The number of hydrogen-bond acceptors (Lipinski definition) is 4. The molecule has 1 aromatic rings. The summed E-state index contributed by atoms with van der Waals surface area (Å²) in [4.78, 5) is 27.4. The largest absolute Gasteiger partial charge is 0.478 e. The van der Waals surface area contributed by atoms with Crippen molar-refractivity contribution in [2.45, 2.75) is 46.3 Å². The molecule has 0 fully saturated rings. The summed E-state index contributed by atoms with van der Waals surface area (Å²) < 4.78 is 5.21. The molecule has 0 aliphatic carbocycles. The number of carboxylic acids is 1. The Hall–Kier alpha value is -1.82. The van der Waals surface area contributed by atoms with Crippen molar-refractivity contribution in [1.29, 1.82) is 0 Å². The molecule has 0 spiro atoms. The number of ether oxygens (including phenoxy) is 1. The number of nitrogens with one attached hydrogen (secondary N) is 1. The Morgan fingerprint density at radius 1 is 1.36 bits per heavy atom. The summed E-state index contributed by atoms with van der Waals surface area (Å²) in [5.74, 6) is -1.24. The molecule has 0 saturated carbocycles. The van der Waals surface area contributed by atoms with Gasteiger partial charge in [-0.1, -0.05) is 25.4 Å². The van der Waals surface area contributed by atoms with E-state index in [-0.39, 0.29) is 22.2 Å². The predicted octanol–water partition coefficient (Wildman–Crippen LogP) is 3.66. The number of alkyl carbamates (subject to hydrolysis) is 1. The first-order chi connectivity index (χ1) is 10.0. The Labute approximate surface area is 134 Å². The summed E-state index contributed by atoms with van der Waals surface area (Å²) in [7, 11) is 0. The lowest BCUT2D eigenvalue weighted by Crippen LogP contribution is -2.37. The molecule has 1 rings (SSSR count). The zero-order chi connectivity index (χ0) is 17.1. The molecule has 1 atom stereocenters. The van der Waals surface area contributed by atoms with Crippen molar-refractivity contribution in [1.82, 2.24) is 10.3 Å². The van der Waals surface area contributed by atoms with Crippen LogP contribution in [0.1, 0.15) is 56.7 Å². The van der Waals surface area contributed by atoms with Gasteiger partial charge >= 0.3 is 12.1 Å². The van der Waals surface area contributed by atoms with Gasteiger partial charge < -0.3 is 15.2 Å². The third kappa shape index (κ3) is 5.18. The summed E-state index contributed by atoms with van der Waals surface area (Å²) in [5.41, 5.74) is -0.436. The molecular formula is C15H21ClN2O4. The van der Waals surface area contributed by atoms with Crippen LogP contribution in [0.2, 0.25) is 5.02 Å². The number of aromatic nitrogens is 1. The van der Waals surface area contributed by atoms with E-state index in [1.165, 1.54) is 12.3 Å². The van der Waals surface area contributed by atoms with Gasteiger partial charge in [0.25, 0.3) is 0 Å². The van der Waals surface area contributed by atoms with E-state index in [1.54, 1.807) is 20.8 Å². The molecule has 0 aliphatic heterocycles. The second-order valence-corrected chi connectivity index (χ2v) is 6.70. The minimum atomic E-state index is -1.15. The Morgan fingerprint density at radius 2 is 1.95 bits per heavy atom. The highest BCUT2D eigenvalue weighted by Crippen LogP contribution is 2.25. The minimum absolute atomic E-state index is 0.0396. The van der Waals surface area contributed by atoms with E-state index >= 15 is 0 Å². The van der Waals surface area contributed by atoms with Crippen LogP contribution in [0.3, 0.4) is 0 Å². The third-order valence-corrected chi connectivity index (χ3v) is 2.96. The number of carboxylic acid groups (broad SMARTS) is 1. The van der Waals surface area contributed by atoms with Gasteiger partial charge in [0, 0.05) is 6.20 Å². The third-order valence-electron chi connectivity index (χ3n) is 2.75. The molecule has 6 nitrogen and oxygen atoms in total. The van der Waals surface area contributed by atoms with Crippen LogP contribution >= 0.6 is 11.6 Å². The minimum Gasteiger partial charge on any atom is -0.478 e. The number of nitrogens with zero attached hydrogens (tertiary/aromatic N) is 1. The fourth-order valence-corrected chi connectivity index (χ4v) is 2.01. The van der Waals surface area contributed by atoms with Gasteiger partial charge in [-0.2, -0.15) is 0 Å².